The maximum atomic E-state index is 12.6. The Balaban J connectivity index is 1.55. The lowest BCUT2D eigenvalue weighted by Crippen LogP contribution is -2.42. The number of piperidine rings is 1. The third kappa shape index (κ3) is 4.53. The molecule has 128 valence electrons. The first kappa shape index (κ1) is 16.4. The van der Waals surface area contributed by atoms with Crippen LogP contribution in [0.15, 0.2) is 12.7 Å². The Bertz CT molecular complexity index is 652. The molecular weight excluding hydrogens is 316 g/mol. The van der Waals surface area contributed by atoms with Crippen LogP contribution >= 0.6 is 0 Å². The second kappa shape index (κ2) is 6.22. The minimum atomic E-state index is -3.03. The molecule has 0 N–H and O–H groups in total. The molecule has 2 aliphatic rings. The van der Waals surface area contributed by atoms with Crippen LogP contribution in [0.3, 0.4) is 0 Å². The maximum Gasteiger partial charge on any atom is 0.223 e. The van der Waals surface area contributed by atoms with Crippen molar-refractivity contribution >= 4 is 15.7 Å². The van der Waals surface area contributed by atoms with Gasteiger partial charge in [-0.25, -0.2) is 13.4 Å². The molecular formula is C15H24N4O3S. The van der Waals surface area contributed by atoms with Crippen LogP contribution in [0.4, 0.5) is 0 Å². The molecule has 1 saturated carbocycles. The van der Waals surface area contributed by atoms with Gasteiger partial charge in [0.05, 0.1) is 5.75 Å². The summed E-state index contributed by atoms with van der Waals surface area (Å²) in [4.78, 5) is 18.4. The zero-order valence-electron chi connectivity index (χ0n) is 13.5. The first-order valence-corrected chi connectivity index (χ1v) is 10.2. The second-order valence-corrected chi connectivity index (χ2v) is 9.35. The molecule has 1 aromatic heterocycles. The normalized spacial score (nSPS) is 23.7. The Kier molecular flexibility index (Phi) is 4.44. The maximum absolute atomic E-state index is 12.6. The van der Waals surface area contributed by atoms with Gasteiger partial charge in [-0.05, 0) is 37.0 Å². The number of carbonyl (C=O) groups excluding carboxylic acids is 1. The summed E-state index contributed by atoms with van der Waals surface area (Å²) in [5.41, 5.74) is -0.288. The van der Waals surface area contributed by atoms with Gasteiger partial charge in [0, 0.05) is 32.3 Å². The van der Waals surface area contributed by atoms with Crippen LogP contribution in [-0.4, -0.2) is 59.1 Å². The van der Waals surface area contributed by atoms with Crippen molar-refractivity contribution in [1.29, 1.82) is 0 Å². The summed E-state index contributed by atoms with van der Waals surface area (Å²) in [6, 6.07) is 0. The quantitative estimate of drug-likeness (QED) is 0.762. The summed E-state index contributed by atoms with van der Waals surface area (Å²) < 4.78 is 24.9. The zero-order valence-corrected chi connectivity index (χ0v) is 14.3. The largest absolute Gasteiger partial charge is 0.342 e. The highest BCUT2D eigenvalue weighted by molar-refractivity contribution is 7.90. The monoisotopic (exact) mass is 340 g/mol. The highest BCUT2D eigenvalue weighted by Gasteiger charge is 2.47. The minimum absolute atomic E-state index is 0.106. The van der Waals surface area contributed by atoms with E-state index in [2.05, 4.69) is 10.1 Å². The molecule has 2 fully saturated rings. The van der Waals surface area contributed by atoms with Crippen molar-refractivity contribution in [2.75, 3.05) is 25.1 Å². The van der Waals surface area contributed by atoms with Gasteiger partial charge in [-0.2, -0.15) is 5.10 Å². The summed E-state index contributed by atoms with van der Waals surface area (Å²) in [5, 5.41) is 4.13. The Morgan fingerprint density at radius 2 is 2.17 bits per heavy atom. The van der Waals surface area contributed by atoms with Gasteiger partial charge in [-0.1, -0.05) is 0 Å². The molecule has 1 aliphatic carbocycles. The van der Waals surface area contributed by atoms with E-state index in [1.807, 2.05) is 9.58 Å². The Morgan fingerprint density at radius 3 is 2.78 bits per heavy atom. The van der Waals surface area contributed by atoms with E-state index in [0.717, 1.165) is 45.3 Å². The molecule has 1 amide bonds. The van der Waals surface area contributed by atoms with Crippen LogP contribution in [0.1, 0.15) is 32.1 Å². The molecule has 1 saturated heterocycles. The van der Waals surface area contributed by atoms with Gasteiger partial charge in [0.1, 0.15) is 22.5 Å². The van der Waals surface area contributed by atoms with E-state index < -0.39 is 9.84 Å². The minimum Gasteiger partial charge on any atom is -0.342 e. The van der Waals surface area contributed by atoms with Crippen molar-refractivity contribution in [3.05, 3.63) is 12.7 Å². The molecule has 0 aromatic carbocycles. The van der Waals surface area contributed by atoms with Crippen LogP contribution in [0.2, 0.25) is 0 Å². The van der Waals surface area contributed by atoms with Crippen molar-refractivity contribution in [3.8, 4) is 0 Å². The Hall–Kier alpha value is -1.44. The first-order valence-electron chi connectivity index (χ1n) is 8.13. The molecule has 1 atom stereocenters. The van der Waals surface area contributed by atoms with Gasteiger partial charge in [0.25, 0.3) is 0 Å². The van der Waals surface area contributed by atoms with E-state index in [4.69, 9.17) is 0 Å². The van der Waals surface area contributed by atoms with E-state index in [1.54, 1.807) is 6.33 Å². The summed E-state index contributed by atoms with van der Waals surface area (Å²) in [5.74, 6) is 0.635. The number of amides is 1. The zero-order chi connectivity index (χ0) is 16.5. The number of hydrogen-bond donors (Lipinski definition) is 0. The number of aromatic nitrogens is 3. The smallest absolute Gasteiger partial charge is 0.223 e. The van der Waals surface area contributed by atoms with Gasteiger partial charge in [0.15, 0.2) is 0 Å². The average molecular weight is 340 g/mol. The molecule has 1 aromatic rings. The van der Waals surface area contributed by atoms with E-state index in [-0.39, 0.29) is 17.1 Å². The van der Waals surface area contributed by atoms with Gasteiger partial charge in [-0.3, -0.25) is 9.48 Å². The fourth-order valence-corrected chi connectivity index (χ4v) is 5.07. The standard InChI is InChI=1S/C15H24N4O3S/c1-23(21,22)10-15(4-5-15)7-14(20)18-6-2-3-13(8-18)9-19-12-16-11-17-19/h11-13H,2-10H2,1H3. The summed E-state index contributed by atoms with van der Waals surface area (Å²) in [6.07, 6.45) is 8.62. The molecule has 1 unspecified atom stereocenters. The van der Waals surface area contributed by atoms with Crippen LogP contribution in [0.5, 0.6) is 0 Å². The second-order valence-electron chi connectivity index (χ2n) is 7.21. The summed E-state index contributed by atoms with van der Waals surface area (Å²) in [7, 11) is -3.03. The molecule has 7 nitrogen and oxygen atoms in total. The van der Waals surface area contributed by atoms with E-state index in [9.17, 15) is 13.2 Å². The number of nitrogens with zero attached hydrogens (tertiary/aromatic N) is 4. The molecule has 0 spiro atoms. The van der Waals surface area contributed by atoms with Crippen LogP contribution < -0.4 is 0 Å². The summed E-state index contributed by atoms with van der Waals surface area (Å²) >= 11 is 0. The molecule has 8 heteroatoms. The fourth-order valence-electron chi connectivity index (χ4n) is 3.57. The van der Waals surface area contributed by atoms with E-state index in [0.29, 0.717) is 12.3 Å². The van der Waals surface area contributed by atoms with Gasteiger partial charge in [-0.15, -0.1) is 0 Å². The third-order valence-corrected chi connectivity index (χ3v) is 5.97. The number of likely N-dealkylation sites (tertiary alicyclic amines) is 1. The van der Waals surface area contributed by atoms with Crippen LogP contribution in [0, 0.1) is 11.3 Å². The average Bonchev–Trinajstić information content (AvgIpc) is 2.99. The van der Waals surface area contributed by atoms with Crippen molar-refractivity contribution in [1.82, 2.24) is 19.7 Å². The van der Waals surface area contributed by atoms with Crippen molar-refractivity contribution in [2.45, 2.75) is 38.6 Å². The lowest BCUT2D eigenvalue weighted by Gasteiger charge is -2.33. The molecule has 2 heterocycles. The molecule has 0 bridgehead atoms. The highest BCUT2D eigenvalue weighted by Crippen LogP contribution is 2.50. The molecule has 0 radical (unpaired) electrons. The van der Waals surface area contributed by atoms with Crippen molar-refractivity contribution < 1.29 is 13.2 Å². The van der Waals surface area contributed by atoms with Gasteiger partial charge < -0.3 is 4.90 Å². The highest BCUT2D eigenvalue weighted by atomic mass is 32.2. The van der Waals surface area contributed by atoms with Crippen LogP contribution in [-0.2, 0) is 21.2 Å². The molecule has 23 heavy (non-hydrogen) atoms. The number of hydrogen-bond acceptors (Lipinski definition) is 5. The first-order chi connectivity index (χ1) is 10.9. The number of rotatable bonds is 6. The lowest BCUT2D eigenvalue weighted by molar-refractivity contribution is -0.134. The lowest BCUT2D eigenvalue weighted by atomic mass is 9.96. The summed E-state index contributed by atoms with van der Waals surface area (Å²) in [6.45, 7) is 2.29. The SMILES string of the molecule is CS(=O)(=O)CC1(CC(=O)N2CCCC(Cn3cncn3)C2)CC1. The van der Waals surface area contributed by atoms with E-state index >= 15 is 0 Å². The van der Waals surface area contributed by atoms with Crippen LogP contribution in [0.25, 0.3) is 0 Å². The Morgan fingerprint density at radius 1 is 1.39 bits per heavy atom. The topological polar surface area (TPSA) is 85.2 Å². The fraction of sp³-hybridized carbons (Fsp3) is 0.800. The van der Waals surface area contributed by atoms with Gasteiger partial charge in [0.2, 0.25) is 5.91 Å². The Labute approximate surface area is 137 Å². The number of sulfone groups is 1. The third-order valence-electron chi connectivity index (χ3n) is 4.84. The van der Waals surface area contributed by atoms with Crippen molar-refractivity contribution in [2.24, 2.45) is 11.3 Å². The predicted octanol–water partition coefficient (Wildman–Crippen LogP) is 0.732. The van der Waals surface area contributed by atoms with Gasteiger partial charge >= 0.3 is 0 Å². The predicted molar refractivity (Wildman–Crippen MR) is 85.3 cm³/mol. The molecule has 1 aliphatic heterocycles. The van der Waals surface area contributed by atoms with E-state index in [1.165, 1.54) is 12.6 Å². The van der Waals surface area contributed by atoms with Crippen molar-refractivity contribution in [3.63, 3.8) is 0 Å². The molecule has 3 rings (SSSR count). The number of carbonyl (C=O) groups is 1.